The summed E-state index contributed by atoms with van der Waals surface area (Å²) in [6.45, 7) is 2.09. The third kappa shape index (κ3) is 3.59. The molecule has 108 valence electrons. The second-order valence-electron chi connectivity index (χ2n) is 5.45. The summed E-state index contributed by atoms with van der Waals surface area (Å²) >= 11 is 0. The number of ether oxygens (including phenoxy) is 1. The van der Waals surface area contributed by atoms with Crippen molar-refractivity contribution in [2.75, 3.05) is 33.8 Å². The molecule has 2 fully saturated rings. The molecule has 19 heavy (non-hydrogen) atoms. The fourth-order valence-electron chi connectivity index (χ4n) is 2.58. The van der Waals surface area contributed by atoms with Gasteiger partial charge in [0.05, 0.1) is 0 Å². The Balaban J connectivity index is 1.74. The largest absolute Gasteiger partial charge is 0.368 e. The molecule has 0 radical (unpaired) electrons. The predicted molar refractivity (Wildman–Crippen MR) is 70.8 cm³/mol. The van der Waals surface area contributed by atoms with E-state index in [4.69, 9.17) is 4.74 Å². The van der Waals surface area contributed by atoms with Crippen LogP contribution in [-0.4, -0.2) is 67.7 Å². The number of carbonyl (C=O) groups is 2. The first-order valence-corrected chi connectivity index (χ1v) is 6.96. The standard InChI is InChI=1S/C13H23N3O3/c1-15(2)13(18)16-7-5-10(6-8-16)14-12(17)11-4-3-9-19-11/h10-11H,3-9H2,1-2H3,(H,14,17). The minimum atomic E-state index is -0.263. The highest BCUT2D eigenvalue weighted by Crippen LogP contribution is 2.15. The lowest BCUT2D eigenvalue weighted by Gasteiger charge is -2.34. The zero-order chi connectivity index (χ0) is 13.8. The molecule has 2 aliphatic heterocycles. The summed E-state index contributed by atoms with van der Waals surface area (Å²) in [6.07, 6.45) is 3.16. The van der Waals surface area contributed by atoms with Crippen molar-refractivity contribution in [1.29, 1.82) is 0 Å². The second kappa shape index (κ2) is 6.23. The molecule has 0 spiro atoms. The van der Waals surface area contributed by atoms with Crippen LogP contribution in [0.5, 0.6) is 0 Å². The van der Waals surface area contributed by atoms with Crippen LogP contribution >= 0.6 is 0 Å². The number of rotatable bonds is 2. The van der Waals surface area contributed by atoms with Crippen molar-refractivity contribution < 1.29 is 14.3 Å². The molecule has 0 aromatic rings. The predicted octanol–water partition coefficient (Wildman–Crippen LogP) is 0.428. The summed E-state index contributed by atoms with van der Waals surface area (Å²) in [6, 6.07) is 0.215. The molecule has 0 bridgehead atoms. The number of urea groups is 1. The summed E-state index contributed by atoms with van der Waals surface area (Å²) in [4.78, 5) is 27.1. The van der Waals surface area contributed by atoms with Gasteiger partial charge in [0.15, 0.2) is 0 Å². The molecule has 0 aliphatic carbocycles. The Kier molecular flexibility index (Phi) is 4.63. The van der Waals surface area contributed by atoms with Crippen molar-refractivity contribution in [1.82, 2.24) is 15.1 Å². The highest BCUT2D eigenvalue weighted by molar-refractivity contribution is 5.81. The van der Waals surface area contributed by atoms with E-state index in [9.17, 15) is 9.59 Å². The molecule has 1 atom stereocenters. The first-order valence-electron chi connectivity index (χ1n) is 6.96. The Morgan fingerprint density at radius 2 is 1.89 bits per heavy atom. The van der Waals surface area contributed by atoms with Crippen LogP contribution in [0.4, 0.5) is 4.79 Å². The van der Waals surface area contributed by atoms with Crippen LogP contribution in [0, 0.1) is 0 Å². The van der Waals surface area contributed by atoms with Gasteiger partial charge in [0.25, 0.3) is 0 Å². The van der Waals surface area contributed by atoms with Gasteiger partial charge < -0.3 is 19.9 Å². The van der Waals surface area contributed by atoms with Gasteiger partial charge in [-0.1, -0.05) is 0 Å². The normalized spacial score (nSPS) is 24.3. The maximum atomic E-state index is 11.9. The third-order valence-electron chi connectivity index (χ3n) is 3.72. The van der Waals surface area contributed by atoms with E-state index >= 15 is 0 Å². The Morgan fingerprint density at radius 1 is 1.21 bits per heavy atom. The Hall–Kier alpha value is -1.30. The van der Waals surface area contributed by atoms with Gasteiger partial charge in [-0.25, -0.2) is 4.79 Å². The van der Waals surface area contributed by atoms with Crippen LogP contribution in [0.3, 0.4) is 0 Å². The minimum absolute atomic E-state index is 0.00915. The van der Waals surface area contributed by atoms with Crippen molar-refractivity contribution in [3.05, 3.63) is 0 Å². The number of hydrogen-bond acceptors (Lipinski definition) is 3. The first-order chi connectivity index (χ1) is 9.08. The molecule has 1 N–H and O–H groups in total. The number of amides is 3. The first kappa shape index (κ1) is 14.1. The SMILES string of the molecule is CN(C)C(=O)N1CCC(NC(=O)C2CCCO2)CC1. The van der Waals surface area contributed by atoms with E-state index in [2.05, 4.69) is 5.32 Å². The van der Waals surface area contributed by atoms with Gasteiger partial charge >= 0.3 is 6.03 Å². The Labute approximate surface area is 114 Å². The lowest BCUT2D eigenvalue weighted by molar-refractivity contribution is -0.131. The number of nitrogens with one attached hydrogen (secondary N) is 1. The van der Waals surface area contributed by atoms with Crippen molar-refractivity contribution >= 4 is 11.9 Å². The van der Waals surface area contributed by atoms with Gasteiger partial charge in [-0.05, 0) is 25.7 Å². The van der Waals surface area contributed by atoms with Crippen LogP contribution in [0.25, 0.3) is 0 Å². The molecule has 2 aliphatic rings. The van der Waals surface area contributed by atoms with E-state index in [1.54, 1.807) is 19.0 Å². The van der Waals surface area contributed by atoms with E-state index in [1.165, 1.54) is 0 Å². The lowest BCUT2D eigenvalue weighted by Crippen LogP contribution is -2.50. The Bertz CT molecular complexity index is 332. The van der Waals surface area contributed by atoms with Gasteiger partial charge in [0, 0.05) is 39.8 Å². The van der Waals surface area contributed by atoms with E-state index in [1.807, 2.05) is 4.90 Å². The Morgan fingerprint density at radius 3 is 2.42 bits per heavy atom. The summed E-state index contributed by atoms with van der Waals surface area (Å²) in [7, 11) is 3.52. The van der Waals surface area contributed by atoms with Crippen LogP contribution in [0.2, 0.25) is 0 Å². The molecule has 6 nitrogen and oxygen atoms in total. The molecule has 0 aromatic carbocycles. The maximum absolute atomic E-state index is 11.9. The van der Waals surface area contributed by atoms with Gasteiger partial charge in [-0.15, -0.1) is 0 Å². The van der Waals surface area contributed by atoms with Crippen LogP contribution in [-0.2, 0) is 9.53 Å². The molecule has 2 saturated heterocycles. The molecule has 3 amide bonds. The number of hydrogen-bond donors (Lipinski definition) is 1. The molecule has 2 rings (SSSR count). The zero-order valence-corrected chi connectivity index (χ0v) is 11.7. The molecule has 2 heterocycles. The summed E-state index contributed by atoms with van der Waals surface area (Å²) < 4.78 is 5.36. The number of piperidine rings is 1. The smallest absolute Gasteiger partial charge is 0.319 e. The fraction of sp³-hybridized carbons (Fsp3) is 0.846. The highest BCUT2D eigenvalue weighted by atomic mass is 16.5. The van der Waals surface area contributed by atoms with Crippen LogP contribution in [0.1, 0.15) is 25.7 Å². The molecule has 0 aromatic heterocycles. The fourth-order valence-corrected chi connectivity index (χ4v) is 2.58. The maximum Gasteiger partial charge on any atom is 0.319 e. The van der Waals surface area contributed by atoms with Crippen molar-refractivity contribution in [3.63, 3.8) is 0 Å². The van der Waals surface area contributed by atoms with Crippen molar-refractivity contribution in [2.24, 2.45) is 0 Å². The summed E-state index contributed by atoms with van der Waals surface area (Å²) in [5, 5.41) is 3.03. The monoisotopic (exact) mass is 269 g/mol. The van der Waals surface area contributed by atoms with E-state index in [-0.39, 0.29) is 24.1 Å². The zero-order valence-electron chi connectivity index (χ0n) is 11.7. The topological polar surface area (TPSA) is 61.9 Å². The van der Waals surface area contributed by atoms with Gasteiger partial charge in [0.1, 0.15) is 6.10 Å². The summed E-state index contributed by atoms with van der Waals surface area (Å²) in [5.41, 5.74) is 0. The van der Waals surface area contributed by atoms with E-state index < -0.39 is 0 Å². The van der Waals surface area contributed by atoms with Gasteiger partial charge in [0.2, 0.25) is 5.91 Å². The number of likely N-dealkylation sites (tertiary alicyclic amines) is 1. The molecule has 6 heteroatoms. The van der Waals surface area contributed by atoms with Crippen LogP contribution < -0.4 is 5.32 Å². The molecular formula is C13H23N3O3. The van der Waals surface area contributed by atoms with Crippen molar-refractivity contribution in [2.45, 2.75) is 37.8 Å². The van der Waals surface area contributed by atoms with Crippen LogP contribution in [0.15, 0.2) is 0 Å². The van der Waals surface area contributed by atoms with E-state index in [0.717, 1.165) is 25.7 Å². The average molecular weight is 269 g/mol. The summed E-state index contributed by atoms with van der Waals surface area (Å²) in [5.74, 6) is 0.00915. The second-order valence-corrected chi connectivity index (χ2v) is 5.45. The number of nitrogens with zero attached hydrogens (tertiary/aromatic N) is 2. The molecular weight excluding hydrogens is 246 g/mol. The van der Waals surface area contributed by atoms with Crippen molar-refractivity contribution in [3.8, 4) is 0 Å². The lowest BCUT2D eigenvalue weighted by atomic mass is 10.0. The minimum Gasteiger partial charge on any atom is -0.368 e. The average Bonchev–Trinajstić information content (AvgIpc) is 2.92. The van der Waals surface area contributed by atoms with Gasteiger partial charge in [-0.2, -0.15) is 0 Å². The van der Waals surface area contributed by atoms with Gasteiger partial charge in [-0.3, -0.25) is 4.79 Å². The molecule has 0 saturated carbocycles. The molecule has 1 unspecified atom stereocenters. The number of carbonyl (C=O) groups excluding carboxylic acids is 2. The quantitative estimate of drug-likeness (QED) is 0.790. The third-order valence-corrected chi connectivity index (χ3v) is 3.72. The van der Waals surface area contributed by atoms with E-state index in [0.29, 0.717) is 19.7 Å². The highest BCUT2D eigenvalue weighted by Gasteiger charge is 2.28.